The Hall–Kier alpha value is -3.57. The van der Waals surface area contributed by atoms with Crippen LogP contribution in [0.3, 0.4) is 0 Å². The van der Waals surface area contributed by atoms with Gasteiger partial charge < -0.3 is 20.1 Å². The molecule has 0 radical (unpaired) electrons. The Kier molecular flexibility index (Phi) is 11.0. The Balaban J connectivity index is 1.82. The van der Waals surface area contributed by atoms with E-state index in [1.54, 1.807) is 20.8 Å². The van der Waals surface area contributed by atoms with Crippen LogP contribution in [0.4, 0.5) is 31.1 Å². The van der Waals surface area contributed by atoms with Gasteiger partial charge in [0.1, 0.15) is 5.60 Å². The molecule has 1 atom stereocenters. The van der Waals surface area contributed by atoms with Gasteiger partial charge in [-0.25, -0.2) is 4.79 Å². The summed E-state index contributed by atoms with van der Waals surface area (Å²) in [6.45, 7) is 5.17. The standard InChI is InChI=1S/C31H34F6N2O3/c1-29(2,3)42-28(40)39-15-14-38-26(27(22-10-6-4-7-11-22)23-12-8-5-9-13-23)20-41-19-21-16-24(30(32,33)34)18-25(17-21)31(35,36)37/h4-13,16-18,26-27,38H,14-15,19-20H2,1-3H3,(H,39,40). The molecule has 0 saturated carbocycles. The number of carbonyl (C=O) groups is 1. The highest BCUT2D eigenvalue weighted by Gasteiger charge is 2.37. The summed E-state index contributed by atoms with van der Waals surface area (Å²) in [6.07, 6.45) is -10.5. The lowest BCUT2D eigenvalue weighted by Gasteiger charge is -2.29. The fourth-order valence-corrected chi connectivity index (χ4v) is 4.39. The molecule has 11 heteroatoms. The molecule has 1 amide bonds. The molecule has 0 spiro atoms. The van der Waals surface area contributed by atoms with Crippen LogP contribution in [0.5, 0.6) is 0 Å². The maximum absolute atomic E-state index is 13.3. The second-order valence-electron chi connectivity index (χ2n) is 10.7. The Morgan fingerprint density at radius 3 is 1.71 bits per heavy atom. The number of amides is 1. The fourth-order valence-electron chi connectivity index (χ4n) is 4.39. The predicted molar refractivity (Wildman–Crippen MR) is 147 cm³/mol. The maximum Gasteiger partial charge on any atom is 0.416 e. The molecular formula is C31H34F6N2O3. The average Bonchev–Trinajstić information content (AvgIpc) is 2.90. The minimum absolute atomic E-state index is 0.0571. The first-order valence-electron chi connectivity index (χ1n) is 13.3. The van der Waals surface area contributed by atoms with Crippen molar-refractivity contribution in [1.29, 1.82) is 0 Å². The van der Waals surface area contributed by atoms with Crippen molar-refractivity contribution in [2.45, 2.75) is 57.3 Å². The van der Waals surface area contributed by atoms with Crippen LogP contribution in [-0.4, -0.2) is 37.4 Å². The lowest BCUT2D eigenvalue weighted by Crippen LogP contribution is -2.44. The van der Waals surface area contributed by atoms with E-state index in [1.807, 2.05) is 60.7 Å². The van der Waals surface area contributed by atoms with Gasteiger partial charge in [-0.05, 0) is 55.7 Å². The van der Waals surface area contributed by atoms with Crippen molar-refractivity contribution in [3.63, 3.8) is 0 Å². The molecular weight excluding hydrogens is 562 g/mol. The number of nitrogens with one attached hydrogen (secondary N) is 2. The van der Waals surface area contributed by atoms with Crippen LogP contribution in [0.15, 0.2) is 78.9 Å². The van der Waals surface area contributed by atoms with Gasteiger partial charge in [0.15, 0.2) is 0 Å². The zero-order chi connectivity index (χ0) is 31.0. The zero-order valence-electron chi connectivity index (χ0n) is 23.5. The molecule has 42 heavy (non-hydrogen) atoms. The summed E-state index contributed by atoms with van der Waals surface area (Å²) >= 11 is 0. The molecule has 0 aliphatic rings. The largest absolute Gasteiger partial charge is 0.444 e. The van der Waals surface area contributed by atoms with Crippen molar-refractivity contribution >= 4 is 6.09 Å². The average molecular weight is 597 g/mol. The van der Waals surface area contributed by atoms with Crippen molar-refractivity contribution in [3.05, 3.63) is 107 Å². The van der Waals surface area contributed by atoms with Gasteiger partial charge in [0.25, 0.3) is 0 Å². The van der Waals surface area contributed by atoms with Gasteiger partial charge in [-0.15, -0.1) is 0 Å². The smallest absolute Gasteiger partial charge is 0.416 e. The van der Waals surface area contributed by atoms with Crippen molar-refractivity contribution in [2.24, 2.45) is 0 Å². The van der Waals surface area contributed by atoms with E-state index >= 15 is 0 Å². The topological polar surface area (TPSA) is 59.6 Å². The van der Waals surface area contributed by atoms with Crippen LogP contribution in [0.25, 0.3) is 0 Å². The molecule has 3 aromatic carbocycles. The Labute approximate surface area is 241 Å². The van der Waals surface area contributed by atoms with Crippen molar-refractivity contribution < 1.29 is 40.6 Å². The Morgan fingerprint density at radius 1 is 0.762 bits per heavy atom. The minimum Gasteiger partial charge on any atom is -0.444 e. The summed E-state index contributed by atoms with van der Waals surface area (Å²) in [5, 5.41) is 6.00. The highest BCUT2D eigenvalue weighted by atomic mass is 19.4. The number of rotatable bonds is 11. The molecule has 2 N–H and O–H groups in total. The third kappa shape index (κ3) is 10.4. The van der Waals surface area contributed by atoms with E-state index in [2.05, 4.69) is 10.6 Å². The first-order chi connectivity index (χ1) is 19.6. The molecule has 0 saturated heterocycles. The molecule has 0 aromatic heterocycles. The van der Waals surface area contributed by atoms with Gasteiger partial charge in [-0.3, -0.25) is 0 Å². The van der Waals surface area contributed by atoms with Crippen molar-refractivity contribution in [3.8, 4) is 0 Å². The zero-order valence-corrected chi connectivity index (χ0v) is 23.5. The quantitative estimate of drug-likeness (QED) is 0.177. The summed E-state index contributed by atoms with van der Waals surface area (Å²) in [5.74, 6) is -0.291. The monoisotopic (exact) mass is 596 g/mol. The molecule has 0 heterocycles. The predicted octanol–water partition coefficient (Wildman–Crippen LogP) is 7.56. The lowest BCUT2D eigenvalue weighted by molar-refractivity contribution is -0.143. The number of benzene rings is 3. The van der Waals surface area contributed by atoms with E-state index in [0.29, 0.717) is 12.1 Å². The lowest BCUT2D eigenvalue weighted by atomic mass is 9.85. The van der Waals surface area contributed by atoms with Crippen LogP contribution in [0, 0.1) is 0 Å². The van der Waals surface area contributed by atoms with E-state index in [9.17, 15) is 31.1 Å². The van der Waals surface area contributed by atoms with Crippen LogP contribution < -0.4 is 10.6 Å². The Bertz CT molecular complexity index is 1200. The molecule has 0 aliphatic carbocycles. The van der Waals surface area contributed by atoms with E-state index in [1.165, 1.54) is 0 Å². The number of ether oxygens (including phenoxy) is 2. The molecule has 228 valence electrons. The van der Waals surface area contributed by atoms with Gasteiger partial charge in [0.05, 0.1) is 24.3 Å². The molecule has 5 nitrogen and oxygen atoms in total. The normalized spacial score (nSPS) is 13.2. The van der Waals surface area contributed by atoms with E-state index < -0.39 is 47.8 Å². The summed E-state index contributed by atoms with van der Waals surface area (Å²) in [5.41, 5.74) is -1.88. The maximum atomic E-state index is 13.3. The summed E-state index contributed by atoms with van der Waals surface area (Å²) < 4.78 is 91.0. The van der Waals surface area contributed by atoms with Gasteiger partial charge in [0.2, 0.25) is 0 Å². The third-order valence-corrected chi connectivity index (χ3v) is 6.13. The van der Waals surface area contributed by atoms with Gasteiger partial charge in [-0.1, -0.05) is 60.7 Å². The van der Waals surface area contributed by atoms with Gasteiger partial charge in [-0.2, -0.15) is 26.3 Å². The van der Waals surface area contributed by atoms with Crippen LogP contribution in [0.1, 0.15) is 54.5 Å². The number of hydrogen-bond donors (Lipinski definition) is 2. The molecule has 3 rings (SSSR count). The number of halogens is 6. The van der Waals surface area contributed by atoms with Gasteiger partial charge in [0, 0.05) is 25.0 Å². The third-order valence-electron chi connectivity index (χ3n) is 6.13. The van der Waals surface area contributed by atoms with Crippen molar-refractivity contribution in [1.82, 2.24) is 10.6 Å². The highest BCUT2D eigenvalue weighted by molar-refractivity contribution is 5.67. The molecule has 0 aliphatic heterocycles. The SMILES string of the molecule is CC(C)(C)OC(=O)NCCNC(COCc1cc(C(F)(F)F)cc(C(F)(F)F)c1)C(c1ccccc1)c1ccccc1. The summed E-state index contributed by atoms with van der Waals surface area (Å²) in [4.78, 5) is 12.1. The number of alkyl carbamates (subject to hydrolysis) is 1. The van der Waals surface area contributed by atoms with Gasteiger partial charge >= 0.3 is 18.4 Å². The number of carbonyl (C=O) groups excluding carboxylic acids is 1. The second-order valence-corrected chi connectivity index (χ2v) is 10.7. The van der Waals surface area contributed by atoms with E-state index in [-0.39, 0.29) is 37.2 Å². The summed E-state index contributed by atoms with van der Waals surface area (Å²) in [6, 6.07) is 19.8. The first kappa shape index (κ1) is 32.9. The fraction of sp³-hybridized carbons (Fsp3) is 0.387. The second kappa shape index (κ2) is 14.1. The van der Waals surface area contributed by atoms with E-state index in [0.717, 1.165) is 11.1 Å². The van der Waals surface area contributed by atoms with E-state index in [4.69, 9.17) is 9.47 Å². The minimum atomic E-state index is -4.95. The summed E-state index contributed by atoms with van der Waals surface area (Å²) in [7, 11) is 0. The Morgan fingerprint density at radius 2 is 1.26 bits per heavy atom. The first-order valence-corrected chi connectivity index (χ1v) is 13.3. The van der Waals surface area contributed by atoms with Crippen LogP contribution in [-0.2, 0) is 28.4 Å². The number of hydrogen-bond acceptors (Lipinski definition) is 4. The molecule has 0 bridgehead atoms. The van der Waals surface area contributed by atoms with Crippen LogP contribution in [0.2, 0.25) is 0 Å². The molecule has 3 aromatic rings. The van der Waals surface area contributed by atoms with Crippen molar-refractivity contribution in [2.75, 3.05) is 19.7 Å². The molecule has 0 fully saturated rings. The number of alkyl halides is 6. The van der Waals surface area contributed by atoms with Crippen LogP contribution >= 0.6 is 0 Å². The molecule has 1 unspecified atom stereocenters. The highest BCUT2D eigenvalue weighted by Crippen LogP contribution is 2.36.